The van der Waals surface area contributed by atoms with Crippen LogP contribution in [0.5, 0.6) is 0 Å². The van der Waals surface area contributed by atoms with Crippen molar-refractivity contribution in [3.05, 3.63) is 168 Å². The number of rotatable bonds is 39. The van der Waals surface area contributed by atoms with Gasteiger partial charge >= 0.3 is 24.0 Å². The summed E-state index contributed by atoms with van der Waals surface area (Å²) >= 11 is 0. The van der Waals surface area contributed by atoms with Crippen LogP contribution < -0.4 is 31.9 Å². The minimum absolute atomic E-state index is 0.0456. The molecule has 10 rings (SSSR count). The van der Waals surface area contributed by atoms with Gasteiger partial charge in [0.25, 0.3) is 30.4 Å². The normalized spacial score (nSPS) is 17.4. The Morgan fingerprint density at radius 2 is 1.06 bits per heavy atom. The first-order valence-electron chi connectivity index (χ1n) is 40.6. The number of anilines is 1. The third kappa shape index (κ3) is 24.5. The van der Waals surface area contributed by atoms with Crippen LogP contribution in [-0.4, -0.2) is 260 Å². The lowest BCUT2D eigenvalue weighted by Crippen LogP contribution is -2.53. The van der Waals surface area contributed by atoms with Gasteiger partial charge in [0.15, 0.2) is 5.71 Å². The van der Waals surface area contributed by atoms with Crippen molar-refractivity contribution < 1.29 is 102 Å². The van der Waals surface area contributed by atoms with Crippen LogP contribution in [0.15, 0.2) is 155 Å². The van der Waals surface area contributed by atoms with Crippen molar-refractivity contribution in [1.82, 2.24) is 40.9 Å². The van der Waals surface area contributed by atoms with Gasteiger partial charge < -0.3 is 52.0 Å². The number of amides is 5. The van der Waals surface area contributed by atoms with Crippen molar-refractivity contribution >= 4 is 117 Å². The molecule has 121 heavy (non-hydrogen) atoms. The number of hydrogen-bond donors (Lipinski definition) is 11. The quantitative estimate of drug-likeness (QED) is 0.00758. The Bertz CT molecular complexity index is 5290. The Hall–Kier alpha value is -10.3. The number of unbranched alkanes of at least 4 members (excludes halogenated alkanes) is 4. The number of aliphatic carboxylic acids is 3. The molecule has 3 heterocycles. The van der Waals surface area contributed by atoms with E-state index in [1.165, 1.54) is 31.2 Å². The zero-order valence-electron chi connectivity index (χ0n) is 68.7. The molecular formula is C86H110N11O21S3+. The molecule has 0 aromatic heterocycles. The first-order valence-corrected chi connectivity index (χ1v) is 45.0. The molecule has 1 saturated heterocycles. The number of benzene rings is 6. The summed E-state index contributed by atoms with van der Waals surface area (Å²) in [7, 11) is -13.4. The number of primary amides is 1. The zero-order valence-corrected chi connectivity index (χ0v) is 71.1. The maximum absolute atomic E-state index is 14.3. The van der Waals surface area contributed by atoms with Crippen LogP contribution >= 0.6 is 0 Å². The van der Waals surface area contributed by atoms with Gasteiger partial charge in [-0.15, -0.1) is 0 Å². The molecule has 1 aliphatic carbocycles. The number of carboxylic acids is 3. The molecule has 6 aromatic rings. The third-order valence-corrected chi connectivity index (χ3v) is 25.9. The number of carboxylic acid groups (broad SMARTS) is 3. The van der Waals surface area contributed by atoms with Crippen molar-refractivity contribution in [3.63, 3.8) is 0 Å². The first kappa shape index (κ1) is 92.9. The molecule has 5 amide bonds. The molecule has 4 aliphatic rings. The van der Waals surface area contributed by atoms with E-state index in [-0.39, 0.29) is 158 Å². The highest BCUT2D eigenvalue weighted by atomic mass is 32.2. The molecule has 0 bridgehead atoms. The number of allylic oxidation sites excluding steroid dienone is 6. The lowest BCUT2D eigenvalue weighted by molar-refractivity contribution is -0.438. The maximum atomic E-state index is 14.3. The van der Waals surface area contributed by atoms with Gasteiger partial charge in [0.2, 0.25) is 29.3 Å². The molecule has 12 N–H and O–H groups in total. The van der Waals surface area contributed by atoms with Gasteiger partial charge in [0, 0.05) is 125 Å². The number of carbonyl (C=O) groups is 8. The van der Waals surface area contributed by atoms with E-state index in [1.807, 2.05) is 116 Å². The van der Waals surface area contributed by atoms with Crippen molar-refractivity contribution in [2.45, 2.75) is 149 Å². The fourth-order valence-electron chi connectivity index (χ4n) is 16.6. The number of nitrogens with zero attached hydrogens (tertiary/aromatic N) is 6. The standard InChI is InChI=1S/C86H109N11O21S3/c1-57(119(109,110)111)37-41-97-72-36-30-59-51-61(121(115,116)117)32-34-63(59)81(72)86(4,5)74(97)27-9-6-8-26-73-85(2,3)80-62-33-31-60(120(112,113)114)50-58(62)29-35-71(80)96(73)40-19-7-10-28-75(98)88-38-18-16-25-70(91-84(108)118-56-68-66-22-13-11-20-64(66)65-21-12-14-23-67(65)68)83(107)90-69(82(87)106)24-15-17-39-89-76(99)52-92-42-44-93(53-77(100)101)46-48-95(55-79(104)105)49-47-94(45-43-92)54-78(102)103/h6,8-9,11-14,20-23,26-27,29-36,50-51,57,68-70H,7,10,15-19,24-25,28,37-49,52-56H2,1-5H3,(H11-,87,88,89,90,91,98,99,100,101,102,103,104,105,106,107,108,109,110,111,112,113,114,115,116,117)/p+1/t57?,69-,70+/m0/s1. The Morgan fingerprint density at radius 1 is 0.554 bits per heavy atom. The molecule has 3 atom stereocenters. The van der Waals surface area contributed by atoms with Crippen LogP contribution in [0.2, 0.25) is 0 Å². The van der Waals surface area contributed by atoms with E-state index in [9.17, 15) is 92.6 Å². The van der Waals surface area contributed by atoms with Gasteiger partial charge in [-0.3, -0.25) is 66.8 Å². The second-order valence-electron chi connectivity index (χ2n) is 32.3. The van der Waals surface area contributed by atoms with E-state index in [2.05, 4.69) is 39.7 Å². The number of hydrogen-bond acceptors (Lipinski definition) is 20. The molecular weight excluding hydrogens is 1620 g/mol. The molecule has 652 valence electrons. The van der Waals surface area contributed by atoms with Crippen LogP contribution in [0.3, 0.4) is 0 Å². The fraction of sp³-hybridized carbons (Fsp3) is 0.453. The predicted octanol–water partition coefficient (Wildman–Crippen LogP) is 7.81. The molecule has 32 nitrogen and oxygen atoms in total. The second kappa shape index (κ2) is 41.0. The molecule has 0 spiro atoms. The summed E-state index contributed by atoms with van der Waals surface area (Å²) in [5.74, 6) is -5.64. The van der Waals surface area contributed by atoms with E-state index in [1.54, 1.807) is 37.8 Å². The second-order valence-corrected chi connectivity index (χ2v) is 36.9. The highest BCUT2D eigenvalue weighted by molar-refractivity contribution is 7.86. The Balaban J connectivity index is 0.758. The van der Waals surface area contributed by atoms with Crippen molar-refractivity contribution in [2.24, 2.45) is 5.73 Å². The van der Waals surface area contributed by atoms with Gasteiger partial charge in [-0.05, 0) is 170 Å². The van der Waals surface area contributed by atoms with Crippen LogP contribution in [-0.2, 0) is 79.5 Å². The summed E-state index contributed by atoms with van der Waals surface area (Å²) in [4.78, 5) is 112. The van der Waals surface area contributed by atoms with E-state index >= 15 is 0 Å². The van der Waals surface area contributed by atoms with E-state index < -0.39 is 94.3 Å². The SMILES string of the molecule is CC(CCN1C(=CC=CC=CC2=[N+](CCCCCC(=O)NCCCC[C@@H](NC(=O)OCC3c4ccccc4-c4ccccc43)C(=O)N[C@@H](CCCCNC(=O)CN3CCN(CC(=O)O)CCN(CC(=O)O)CCN(CC(=O)O)CC3)C(N)=O)c3ccc4cc(S(=O)(=O)O)ccc4c3C2(C)C)C(C)(C)c2c1ccc1cc(S(=O)(=O)O)ccc21)S(=O)(=O)O. The molecule has 6 aromatic carbocycles. The van der Waals surface area contributed by atoms with Gasteiger partial charge in [0.1, 0.15) is 25.2 Å². The summed E-state index contributed by atoms with van der Waals surface area (Å²) < 4.78 is 111. The molecule has 1 unspecified atom stereocenters. The lowest BCUT2D eigenvalue weighted by atomic mass is 9.79. The maximum Gasteiger partial charge on any atom is 0.407 e. The number of nitrogens with one attached hydrogen (secondary N) is 4. The Kier molecular flexibility index (Phi) is 31.5. The predicted molar refractivity (Wildman–Crippen MR) is 457 cm³/mol. The van der Waals surface area contributed by atoms with Crippen molar-refractivity contribution in [1.29, 1.82) is 0 Å². The zero-order chi connectivity index (χ0) is 87.7. The van der Waals surface area contributed by atoms with Crippen LogP contribution in [0, 0.1) is 0 Å². The summed E-state index contributed by atoms with van der Waals surface area (Å²) in [5.41, 5.74) is 13.6. The lowest BCUT2D eigenvalue weighted by Gasteiger charge is -2.32. The molecule has 35 heteroatoms. The minimum atomic E-state index is -4.52. The van der Waals surface area contributed by atoms with E-state index in [0.29, 0.717) is 62.3 Å². The Morgan fingerprint density at radius 3 is 1.58 bits per heavy atom. The number of nitrogens with two attached hydrogens (primary N) is 1. The number of fused-ring (bicyclic) bond motifs is 9. The van der Waals surface area contributed by atoms with Gasteiger partial charge in [-0.25, -0.2) is 4.79 Å². The smallest absolute Gasteiger partial charge is 0.407 e. The highest BCUT2D eigenvalue weighted by Crippen LogP contribution is 2.52. The van der Waals surface area contributed by atoms with Gasteiger partial charge in [-0.2, -0.15) is 29.8 Å². The van der Waals surface area contributed by atoms with Crippen LogP contribution in [0.25, 0.3) is 32.7 Å². The third-order valence-electron chi connectivity index (χ3n) is 23.0. The fourth-order valence-corrected chi connectivity index (χ4v) is 18.1. The van der Waals surface area contributed by atoms with Gasteiger partial charge in [-0.1, -0.05) is 98.8 Å². The first-order chi connectivity index (χ1) is 57.3. The van der Waals surface area contributed by atoms with E-state index in [0.717, 1.165) is 66.9 Å². The summed E-state index contributed by atoms with van der Waals surface area (Å²) in [5, 5.41) is 41.7. The average Bonchev–Trinajstić information content (AvgIpc) is 1.58. The van der Waals surface area contributed by atoms with Crippen LogP contribution in [0.4, 0.5) is 16.2 Å². The Labute approximate surface area is 705 Å². The van der Waals surface area contributed by atoms with E-state index in [4.69, 9.17) is 10.5 Å². The minimum Gasteiger partial charge on any atom is -0.480 e. The average molecular weight is 1730 g/mol. The van der Waals surface area contributed by atoms with Crippen LogP contribution in [0.1, 0.15) is 133 Å². The number of alkyl carbamates (subject to hydrolysis) is 1. The van der Waals surface area contributed by atoms with Gasteiger partial charge in [0.05, 0.1) is 46.6 Å². The topological polar surface area (TPSA) is 463 Å². The summed E-state index contributed by atoms with van der Waals surface area (Å²) in [6.45, 7) is 11.4. The molecule has 0 saturated carbocycles. The molecule has 0 radical (unpaired) electrons. The largest absolute Gasteiger partial charge is 0.480 e. The summed E-state index contributed by atoms with van der Waals surface area (Å²) in [6, 6.07) is 29.4. The number of carbonyl (C=O) groups excluding carboxylic acids is 5. The molecule has 1 fully saturated rings. The van der Waals surface area contributed by atoms with Crippen molar-refractivity contribution in [3.8, 4) is 11.1 Å². The summed E-state index contributed by atoms with van der Waals surface area (Å²) in [6.07, 6.45) is 12.3. The highest BCUT2D eigenvalue weighted by Gasteiger charge is 2.46. The number of ether oxygens (including phenoxy) is 1. The monoisotopic (exact) mass is 1730 g/mol. The molecule has 3 aliphatic heterocycles. The van der Waals surface area contributed by atoms with Crippen molar-refractivity contribution in [2.75, 3.05) is 116 Å².